The number of imide groups is 1. The van der Waals surface area contributed by atoms with Gasteiger partial charge in [0.2, 0.25) is 17.7 Å². The molecule has 0 aliphatic carbocycles. The van der Waals surface area contributed by atoms with Crippen LogP contribution in [0.1, 0.15) is 30.1 Å². The highest BCUT2D eigenvalue weighted by Crippen LogP contribution is 2.30. The highest BCUT2D eigenvalue weighted by molar-refractivity contribution is 7.91. The van der Waals surface area contributed by atoms with Crippen LogP contribution in [-0.4, -0.2) is 49.9 Å². The minimum absolute atomic E-state index is 0.0318. The number of piperidine rings is 1. The monoisotopic (exact) mass is 364 g/mol. The number of amides is 3. The van der Waals surface area contributed by atoms with Gasteiger partial charge in [0, 0.05) is 25.9 Å². The lowest BCUT2D eigenvalue weighted by Crippen LogP contribution is -2.46. The molecule has 1 aromatic rings. The van der Waals surface area contributed by atoms with E-state index in [0.29, 0.717) is 13.0 Å². The van der Waals surface area contributed by atoms with Gasteiger partial charge in [0.05, 0.1) is 16.9 Å². The van der Waals surface area contributed by atoms with Crippen LogP contribution in [0.2, 0.25) is 0 Å². The van der Waals surface area contributed by atoms with Crippen LogP contribution in [0.3, 0.4) is 0 Å². The van der Waals surface area contributed by atoms with Gasteiger partial charge in [0.25, 0.3) is 0 Å². The number of benzene rings is 1. The third-order valence-corrected chi connectivity index (χ3v) is 6.84. The fourth-order valence-corrected chi connectivity index (χ4v) is 5.21. The first-order valence-electron chi connectivity index (χ1n) is 8.25. The van der Waals surface area contributed by atoms with Crippen molar-refractivity contribution in [2.75, 3.05) is 18.8 Å². The van der Waals surface area contributed by atoms with E-state index >= 15 is 0 Å². The minimum Gasteiger partial charge on any atom is -0.341 e. The molecule has 1 N–H and O–H groups in total. The summed E-state index contributed by atoms with van der Waals surface area (Å²) < 4.78 is 25.2. The maximum atomic E-state index is 12.7. The molecule has 3 rings (SSSR count). The lowest BCUT2D eigenvalue weighted by Gasteiger charge is -2.27. The average molecular weight is 364 g/mol. The zero-order chi connectivity index (χ0) is 18.0. The number of hydrogen-bond acceptors (Lipinski definition) is 5. The van der Waals surface area contributed by atoms with Crippen molar-refractivity contribution < 1.29 is 22.8 Å². The second-order valence-corrected chi connectivity index (χ2v) is 8.76. The molecular formula is C17H20N2O5S. The molecular weight excluding hydrogens is 344 g/mol. The van der Waals surface area contributed by atoms with Crippen LogP contribution in [0.15, 0.2) is 30.3 Å². The molecule has 0 spiro atoms. The molecule has 3 amide bonds. The van der Waals surface area contributed by atoms with Crippen LogP contribution >= 0.6 is 0 Å². The van der Waals surface area contributed by atoms with Gasteiger partial charge in [-0.05, 0) is 12.0 Å². The van der Waals surface area contributed by atoms with Crippen molar-refractivity contribution in [1.29, 1.82) is 0 Å². The number of carbonyl (C=O) groups is 3. The molecule has 134 valence electrons. The Kier molecular flexibility index (Phi) is 4.89. The van der Waals surface area contributed by atoms with Gasteiger partial charge in [0.15, 0.2) is 9.84 Å². The van der Waals surface area contributed by atoms with Gasteiger partial charge in [-0.3, -0.25) is 19.7 Å². The molecule has 0 radical (unpaired) electrons. The SMILES string of the molecule is O=C1CC(C(=O)N2CC[C@@H](c3ccccc3)S(=O)(=O)CC2)CC(=O)N1. The molecule has 0 aromatic heterocycles. The first-order valence-corrected chi connectivity index (χ1v) is 9.96. The Morgan fingerprint density at radius 2 is 1.68 bits per heavy atom. The second-order valence-electron chi connectivity index (χ2n) is 6.46. The average Bonchev–Trinajstić information content (AvgIpc) is 2.72. The topological polar surface area (TPSA) is 101 Å². The Bertz CT molecular complexity index is 775. The molecule has 0 bridgehead atoms. The number of carbonyl (C=O) groups excluding carboxylic acids is 3. The van der Waals surface area contributed by atoms with Crippen molar-refractivity contribution in [2.24, 2.45) is 5.92 Å². The van der Waals surface area contributed by atoms with E-state index < -0.39 is 32.8 Å². The van der Waals surface area contributed by atoms with Gasteiger partial charge in [-0.2, -0.15) is 0 Å². The third kappa shape index (κ3) is 3.89. The summed E-state index contributed by atoms with van der Waals surface area (Å²) in [5.41, 5.74) is 0.726. The zero-order valence-electron chi connectivity index (χ0n) is 13.7. The summed E-state index contributed by atoms with van der Waals surface area (Å²) in [6.45, 7) is 0.390. The first-order chi connectivity index (χ1) is 11.9. The summed E-state index contributed by atoms with van der Waals surface area (Å²) >= 11 is 0. The fourth-order valence-electron chi connectivity index (χ4n) is 3.42. The third-order valence-electron chi connectivity index (χ3n) is 4.72. The van der Waals surface area contributed by atoms with Gasteiger partial charge in [-0.25, -0.2) is 8.42 Å². The molecule has 2 heterocycles. The highest BCUT2D eigenvalue weighted by atomic mass is 32.2. The number of nitrogens with zero attached hydrogens (tertiary/aromatic N) is 1. The first kappa shape index (κ1) is 17.6. The van der Waals surface area contributed by atoms with Crippen LogP contribution in [0, 0.1) is 5.92 Å². The van der Waals surface area contributed by atoms with Gasteiger partial charge in [0.1, 0.15) is 0 Å². The quantitative estimate of drug-likeness (QED) is 0.767. The molecule has 2 aliphatic rings. The number of hydrogen-bond donors (Lipinski definition) is 1. The van der Waals surface area contributed by atoms with Crippen LogP contribution in [0.25, 0.3) is 0 Å². The van der Waals surface area contributed by atoms with Crippen molar-refractivity contribution in [3.05, 3.63) is 35.9 Å². The maximum Gasteiger partial charge on any atom is 0.227 e. The van der Waals surface area contributed by atoms with Gasteiger partial charge in [-0.15, -0.1) is 0 Å². The van der Waals surface area contributed by atoms with E-state index in [1.807, 2.05) is 6.07 Å². The summed E-state index contributed by atoms with van der Waals surface area (Å²) in [5.74, 6) is -2.05. The lowest BCUT2D eigenvalue weighted by atomic mass is 9.95. The molecule has 25 heavy (non-hydrogen) atoms. The van der Waals surface area contributed by atoms with E-state index in [4.69, 9.17) is 0 Å². The van der Waals surface area contributed by atoms with E-state index in [-0.39, 0.29) is 31.0 Å². The Morgan fingerprint density at radius 1 is 1.04 bits per heavy atom. The summed E-state index contributed by atoms with van der Waals surface area (Å²) in [6.07, 6.45) is 0.247. The fraction of sp³-hybridized carbons (Fsp3) is 0.471. The number of sulfone groups is 1. The van der Waals surface area contributed by atoms with E-state index in [1.54, 1.807) is 24.3 Å². The maximum absolute atomic E-state index is 12.7. The van der Waals surface area contributed by atoms with E-state index in [2.05, 4.69) is 5.32 Å². The van der Waals surface area contributed by atoms with Crippen molar-refractivity contribution in [3.63, 3.8) is 0 Å². The minimum atomic E-state index is -3.37. The Labute approximate surface area is 146 Å². The smallest absolute Gasteiger partial charge is 0.227 e. The standard InChI is InChI=1S/C17H20N2O5S/c20-15-10-13(11-16(21)18-15)17(22)19-7-6-14(25(23,24)9-8-19)12-4-2-1-3-5-12/h1-5,13-14H,6-11H2,(H,18,20,21)/t14-/m0/s1. The number of nitrogens with one attached hydrogen (secondary N) is 1. The van der Waals surface area contributed by atoms with Crippen LogP contribution in [0.5, 0.6) is 0 Å². The van der Waals surface area contributed by atoms with Crippen molar-refractivity contribution in [3.8, 4) is 0 Å². The zero-order valence-corrected chi connectivity index (χ0v) is 14.5. The summed E-state index contributed by atoms with van der Waals surface area (Å²) in [6, 6.07) is 8.98. The molecule has 1 atom stereocenters. The van der Waals surface area contributed by atoms with Gasteiger partial charge >= 0.3 is 0 Å². The molecule has 0 saturated carbocycles. The predicted octanol–water partition coefficient (Wildman–Crippen LogP) is 0.428. The van der Waals surface area contributed by atoms with Crippen LogP contribution in [-0.2, 0) is 24.2 Å². The second kappa shape index (κ2) is 6.95. The molecule has 8 heteroatoms. The molecule has 2 aliphatic heterocycles. The molecule has 7 nitrogen and oxygen atoms in total. The summed E-state index contributed by atoms with van der Waals surface area (Å²) in [7, 11) is -3.37. The van der Waals surface area contributed by atoms with Crippen molar-refractivity contribution in [2.45, 2.75) is 24.5 Å². The Morgan fingerprint density at radius 3 is 2.32 bits per heavy atom. The van der Waals surface area contributed by atoms with Crippen LogP contribution < -0.4 is 5.32 Å². The van der Waals surface area contributed by atoms with Crippen LogP contribution in [0.4, 0.5) is 0 Å². The van der Waals surface area contributed by atoms with E-state index in [9.17, 15) is 22.8 Å². The van der Waals surface area contributed by atoms with E-state index in [0.717, 1.165) is 5.56 Å². The highest BCUT2D eigenvalue weighted by Gasteiger charge is 2.37. The molecule has 2 fully saturated rings. The molecule has 2 saturated heterocycles. The Hall–Kier alpha value is -2.22. The van der Waals surface area contributed by atoms with Crippen molar-refractivity contribution >= 4 is 27.6 Å². The normalized spacial score (nSPS) is 24.5. The predicted molar refractivity (Wildman–Crippen MR) is 90.0 cm³/mol. The Balaban J connectivity index is 1.75. The lowest BCUT2D eigenvalue weighted by molar-refractivity contribution is -0.145. The summed E-state index contributed by atoms with van der Waals surface area (Å²) in [5, 5.41) is 1.54. The summed E-state index contributed by atoms with van der Waals surface area (Å²) in [4.78, 5) is 37.1. The largest absolute Gasteiger partial charge is 0.341 e. The van der Waals surface area contributed by atoms with E-state index in [1.165, 1.54) is 4.90 Å². The van der Waals surface area contributed by atoms with Crippen molar-refractivity contribution in [1.82, 2.24) is 10.2 Å². The molecule has 0 unspecified atom stereocenters. The van der Waals surface area contributed by atoms with Gasteiger partial charge < -0.3 is 4.90 Å². The number of rotatable bonds is 2. The molecule has 1 aromatic carbocycles. The van der Waals surface area contributed by atoms with Gasteiger partial charge in [-0.1, -0.05) is 30.3 Å².